The quantitative estimate of drug-likeness (QED) is 0.837. The van der Waals surface area contributed by atoms with Crippen LogP contribution >= 0.6 is 11.3 Å². The molecule has 1 fully saturated rings. The third kappa shape index (κ3) is 5.06. The van der Waals surface area contributed by atoms with Gasteiger partial charge in [-0.15, -0.1) is 11.3 Å². The highest BCUT2D eigenvalue weighted by molar-refractivity contribution is 7.11. The van der Waals surface area contributed by atoms with E-state index in [2.05, 4.69) is 29.2 Å². The lowest BCUT2D eigenvalue weighted by atomic mass is 9.98. The summed E-state index contributed by atoms with van der Waals surface area (Å²) in [4.78, 5) is 20.2. The molecule has 1 aliphatic heterocycles. The van der Waals surface area contributed by atoms with Gasteiger partial charge in [0.15, 0.2) is 0 Å². The molecule has 1 N–H and O–H groups in total. The van der Waals surface area contributed by atoms with E-state index in [1.807, 2.05) is 6.92 Å². The van der Waals surface area contributed by atoms with Crippen LogP contribution in [0.2, 0.25) is 0 Å². The number of hydrogen-bond acceptors (Lipinski definition) is 4. The van der Waals surface area contributed by atoms with Gasteiger partial charge in [0.25, 0.3) is 0 Å². The molecule has 2 heterocycles. The van der Waals surface area contributed by atoms with Crippen molar-refractivity contribution in [3.8, 4) is 0 Å². The molecule has 124 valence electrons. The van der Waals surface area contributed by atoms with Crippen molar-refractivity contribution in [1.29, 1.82) is 0 Å². The molecule has 0 saturated carbocycles. The first-order valence-electron chi connectivity index (χ1n) is 8.52. The molecular weight excluding hydrogens is 294 g/mol. The lowest BCUT2D eigenvalue weighted by Crippen LogP contribution is -2.37. The van der Waals surface area contributed by atoms with Gasteiger partial charge >= 0.3 is 0 Å². The van der Waals surface area contributed by atoms with E-state index in [0.717, 1.165) is 25.0 Å². The molecule has 0 aliphatic carbocycles. The zero-order valence-corrected chi connectivity index (χ0v) is 15.0. The summed E-state index contributed by atoms with van der Waals surface area (Å²) in [5.41, 5.74) is 1.07. The third-order valence-electron chi connectivity index (χ3n) is 4.47. The Morgan fingerprint density at radius 3 is 3.00 bits per heavy atom. The number of rotatable bonds is 7. The standard InChI is InChI=1S/C17H29N3OS/c1-4-7-17-19-13(2)15(22-17)12-18-16(21)10-9-14-8-5-6-11-20(14)3/h14H,4-12H2,1-3H3,(H,18,21). The second-order valence-corrected chi connectivity index (χ2v) is 7.48. The summed E-state index contributed by atoms with van der Waals surface area (Å²) in [7, 11) is 2.18. The minimum Gasteiger partial charge on any atom is -0.351 e. The van der Waals surface area contributed by atoms with E-state index in [0.29, 0.717) is 19.0 Å². The van der Waals surface area contributed by atoms with Crippen LogP contribution in [0.1, 0.15) is 61.0 Å². The highest BCUT2D eigenvalue weighted by atomic mass is 32.1. The van der Waals surface area contributed by atoms with Gasteiger partial charge in [0.2, 0.25) is 5.91 Å². The lowest BCUT2D eigenvalue weighted by Gasteiger charge is -2.32. The van der Waals surface area contributed by atoms with E-state index < -0.39 is 0 Å². The van der Waals surface area contributed by atoms with Crippen LogP contribution in [0.5, 0.6) is 0 Å². The second kappa shape index (κ2) is 8.63. The minimum absolute atomic E-state index is 0.170. The number of thiazole rings is 1. The van der Waals surface area contributed by atoms with Gasteiger partial charge < -0.3 is 10.2 Å². The van der Waals surface area contributed by atoms with Crippen LogP contribution in [0, 0.1) is 6.92 Å². The Labute approximate surface area is 138 Å². The molecule has 0 aromatic carbocycles. The van der Waals surface area contributed by atoms with Crippen molar-refractivity contribution in [3.05, 3.63) is 15.6 Å². The van der Waals surface area contributed by atoms with Crippen molar-refractivity contribution in [3.63, 3.8) is 0 Å². The van der Waals surface area contributed by atoms with Gasteiger partial charge in [-0.05, 0) is 52.6 Å². The summed E-state index contributed by atoms with van der Waals surface area (Å²) in [5, 5.41) is 4.25. The number of amides is 1. The summed E-state index contributed by atoms with van der Waals surface area (Å²) in [5.74, 6) is 0.170. The number of aromatic nitrogens is 1. The van der Waals surface area contributed by atoms with Gasteiger partial charge in [0.05, 0.1) is 17.2 Å². The molecular formula is C17H29N3OS. The zero-order chi connectivity index (χ0) is 15.9. The molecule has 5 heteroatoms. The number of carbonyl (C=O) groups is 1. The molecule has 1 aromatic rings. The van der Waals surface area contributed by atoms with E-state index >= 15 is 0 Å². The molecule has 4 nitrogen and oxygen atoms in total. The molecule has 1 atom stereocenters. The van der Waals surface area contributed by atoms with Crippen LogP contribution in [0.4, 0.5) is 0 Å². The summed E-state index contributed by atoms with van der Waals surface area (Å²) in [6.45, 7) is 6.01. The van der Waals surface area contributed by atoms with Gasteiger partial charge in [-0.25, -0.2) is 4.98 Å². The molecule has 1 saturated heterocycles. The van der Waals surface area contributed by atoms with Crippen LogP contribution < -0.4 is 5.32 Å². The first-order valence-corrected chi connectivity index (χ1v) is 9.34. The SMILES string of the molecule is CCCc1nc(C)c(CNC(=O)CCC2CCCCN2C)s1. The Morgan fingerprint density at radius 2 is 2.27 bits per heavy atom. The lowest BCUT2D eigenvalue weighted by molar-refractivity contribution is -0.121. The van der Waals surface area contributed by atoms with Crippen molar-refractivity contribution in [2.75, 3.05) is 13.6 Å². The van der Waals surface area contributed by atoms with Crippen LogP contribution in [0.25, 0.3) is 0 Å². The van der Waals surface area contributed by atoms with Crippen molar-refractivity contribution in [2.45, 2.75) is 71.4 Å². The molecule has 1 unspecified atom stereocenters. The summed E-state index contributed by atoms with van der Waals surface area (Å²) < 4.78 is 0. The van der Waals surface area contributed by atoms with Crippen LogP contribution in [0.15, 0.2) is 0 Å². The molecule has 0 radical (unpaired) electrons. The van der Waals surface area contributed by atoms with Crippen LogP contribution in [-0.2, 0) is 17.8 Å². The van der Waals surface area contributed by atoms with Gasteiger partial charge in [-0.2, -0.15) is 0 Å². The highest BCUT2D eigenvalue weighted by Gasteiger charge is 2.19. The fourth-order valence-corrected chi connectivity index (χ4v) is 4.16. The fraction of sp³-hybridized carbons (Fsp3) is 0.765. The molecule has 1 aliphatic rings. The molecule has 0 bridgehead atoms. The first-order chi connectivity index (χ1) is 10.6. The van der Waals surface area contributed by atoms with E-state index in [1.165, 1.54) is 35.7 Å². The van der Waals surface area contributed by atoms with E-state index in [1.54, 1.807) is 11.3 Å². The predicted octanol–water partition coefficient (Wildman–Crippen LogP) is 3.28. The summed E-state index contributed by atoms with van der Waals surface area (Å²) in [6, 6.07) is 0.584. The van der Waals surface area contributed by atoms with E-state index in [9.17, 15) is 4.79 Å². The Kier molecular flexibility index (Phi) is 6.83. The number of hydrogen-bond donors (Lipinski definition) is 1. The Hall–Kier alpha value is -0.940. The largest absolute Gasteiger partial charge is 0.351 e. The maximum absolute atomic E-state index is 12.1. The molecule has 22 heavy (non-hydrogen) atoms. The van der Waals surface area contributed by atoms with E-state index in [-0.39, 0.29) is 5.91 Å². The zero-order valence-electron chi connectivity index (χ0n) is 14.2. The topological polar surface area (TPSA) is 45.2 Å². The number of nitrogens with zero attached hydrogens (tertiary/aromatic N) is 2. The smallest absolute Gasteiger partial charge is 0.220 e. The summed E-state index contributed by atoms with van der Waals surface area (Å²) in [6.07, 6.45) is 7.60. The maximum Gasteiger partial charge on any atom is 0.220 e. The first kappa shape index (κ1) is 17.4. The molecule has 1 aromatic heterocycles. The van der Waals surface area contributed by atoms with Gasteiger partial charge in [0.1, 0.15) is 0 Å². The van der Waals surface area contributed by atoms with Gasteiger partial charge in [-0.3, -0.25) is 4.79 Å². The number of nitrogens with one attached hydrogen (secondary N) is 1. The predicted molar refractivity (Wildman–Crippen MR) is 92.2 cm³/mol. The number of carbonyl (C=O) groups excluding carboxylic acids is 1. The maximum atomic E-state index is 12.1. The average molecular weight is 324 g/mol. The Balaban J connectivity index is 1.73. The Bertz CT molecular complexity index is 486. The van der Waals surface area contributed by atoms with Crippen LogP contribution in [0.3, 0.4) is 0 Å². The molecule has 0 spiro atoms. The third-order valence-corrected chi connectivity index (χ3v) is 5.69. The molecule has 2 rings (SSSR count). The van der Waals surface area contributed by atoms with Crippen molar-refractivity contribution in [1.82, 2.24) is 15.2 Å². The monoisotopic (exact) mass is 323 g/mol. The fourth-order valence-electron chi connectivity index (χ4n) is 3.05. The average Bonchev–Trinajstić information content (AvgIpc) is 2.84. The van der Waals surface area contributed by atoms with Crippen molar-refractivity contribution < 1.29 is 4.79 Å². The number of likely N-dealkylation sites (tertiary alicyclic amines) is 1. The van der Waals surface area contributed by atoms with Crippen LogP contribution in [-0.4, -0.2) is 35.4 Å². The van der Waals surface area contributed by atoms with Gasteiger partial charge in [-0.1, -0.05) is 13.3 Å². The summed E-state index contributed by atoms with van der Waals surface area (Å²) >= 11 is 1.74. The normalized spacial score (nSPS) is 19.3. The van der Waals surface area contributed by atoms with Crippen molar-refractivity contribution in [2.24, 2.45) is 0 Å². The van der Waals surface area contributed by atoms with Crippen molar-refractivity contribution >= 4 is 17.2 Å². The molecule has 1 amide bonds. The van der Waals surface area contributed by atoms with Gasteiger partial charge in [0, 0.05) is 17.3 Å². The minimum atomic E-state index is 0.170. The number of piperidine rings is 1. The number of aryl methyl sites for hydroxylation is 2. The highest BCUT2D eigenvalue weighted by Crippen LogP contribution is 2.20. The van der Waals surface area contributed by atoms with E-state index in [4.69, 9.17) is 0 Å². The Morgan fingerprint density at radius 1 is 1.45 bits per heavy atom. The second-order valence-electron chi connectivity index (χ2n) is 6.31.